The zero-order chi connectivity index (χ0) is 12.3. The standard InChI is InChI=1S/C10H14F2N2O2/c1-4-16-9(15)10(11,12)8-13-5-6-14(8)7(2)3/h5-7H,4H2,1-3H3. The maximum absolute atomic E-state index is 13.6. The topological polar surface area (TPSA) is 44.1 Å². The third-order valence-corrected chi connectivity index (χ3v) is 2.04. The number of aromatic nitrogens is 2. The molecule has 0 saturated carbocycles. The molecule has 0 saturated heterocycles. The van der Waals surface area contributed by atoms with Crippen LogP contribution in [0.25, 0.3) is 0 Å². The molecule has 1 aromatic heterocycles. The van der Waals surface area contributed by atoms with Crippen molar-refractivity contribution < 1.29 is 18.3 Å². The van der Waals surface area contributed by atoms with E-state index in [9.17, 15) is 13.6 Å². The molecule has 0 spiro atoms. The molecule has 0 fully saturated rings. The fourth-order valence-corrected chi connectivity index (χ4v) is 1.29. The number of nitrogens with zero attached hydrogens (tertiary/aromatic N) is 2. The van der Waals surface area contributed by atoms with Crippen molar-refractivity contribution in [2.45, 2.75) is 32.7 Å². The Morgan fingerprint density at radius 1 is 1.62 bits per heavy atom. The molecular weight excluding hydrogens is 218 g/mol. The molecule has 0 unspecified atom stereocenters. The molecular formula is C10H14F2N2O2. The molecule has 0 aliphatic heterocycles. The molecule has 16 heavy (non-hydrogen) atoms. The number of rotatable bonds is 4. The second-order valence-electron chi connectivity index (χ2n) is 3.55. The zero-order valence-electron chi connectivity index (χ0n) is 9.41. The van der Waals surface area contributed by atoms with E-state index in [0.29, 0.717) is 0 Å². The fraction of sp³-hybridized carbons (Fsp3) is 0.600. The average molecular weight is 232 g/mol. The molecule has 0 bridgehead atoms. The van der Waals surface area contributed by atoms with Crippen molar-refractivity contribution in [2.24, 2.45) is 0 Å². The molecule has 6 heteroatoms. The van der Waals surface area contributed by atoms with Gasteiger partial charge >= 0.3 is 11.9 Å². The molecule has 0 amide bonds. The van der Waals surface area contributed by atoms with Crippen molar-refractivity contribution in [3.8, 4) is 0 Å². The summed E-state index contributed by atoms with van der Waals surface area (Å²) in [6.45, 7) is 4.85. The van der Waals surface area contributed by atoms with Gasteiger partial charge in [-0.2, -0.15) is 8.78 Å². The van der Waals surface area contributed by atoms with Crippen LogP contribution in [0.15, 0.2) is 12.4 Å². The summed E-state index contributed by atoms with van der Waals surface area (Å²) in [4.78, 5) is 14.6. The Kier molecular flexibility index (Phi) is 3.62. The monoisotopic (exact) mass is 232 g/mol. The van der Waals surface area contributed by atoms with Gasteiger partial charge in [0.2, 0.25) is 0 Å². The van der Waals surface area contributed by atoms with Gasteiger partial charge in [0, 0.05) is 18.4 Å². The van der Waals surface area contributed by atoms with Crippen LogP contribution in [0.1, 0.15) is 32.6 Å². The summed E-state index contributed by atoms with van der Waals surface area (Å²) in [6, 6.07) is -0.196. The van der Waals surface area contributed by atoms with Gasteiger partial charge in [0.1, 0.15) is 0 Å². The number of halogens is 2. The summed E-state index contributed by atoms with van der Waals surface area (Å²) >= 11 is 0. The van der Waals surface area contributed by atoms with Gasteiger partial charge in [-0.15, -0.1) is 0 Å². The Labute approximate surface area is 92.2 Å². The van der Waals surface area contributed by atoms with Gasteiger partial charge in [0.05, 0.1) is 6.61 Å². The van der Waals surface area contributed by atoms with Crippen molar-refractivity contribution in [1.82, 2.24) is 9.55 Å². The number of ether oxygens (including phenoxy) is 1. The molecule has 1 rings (SSSR count). The lowest BCUT2D eigenvalue weighted by atomic mass is 10.3. The predicted molar refractivity (Wildman–Crippen MR) is 53.1 cm³/mol. The lowest BCUT2D eigenvalue weighted by Crippen LogP contribution is -2.32. The highest BCUT2D eigenvalue weighted by molar-refractivity contribution is 5.78. The molecule has 0 atom stereocenters. The van der Waals surface area contributed by atoms with Crippen molar-refractivity contribution >= 4 is 5.97 Å². The smallest absolute Gasteiger partial charge is 0.399 e. The van der Waals surface area contributed by atoms with Crippen LogP contribution in [0.4, 0.5) is 8.78 Å². The number of carbonyl (C=O) groups excluding carboxylic acids is 1. The van der Waals surface area contributed by atoms with Crippen LogP contribution in [-0.4, -0.2) is 22.1 Å². The summed E-state index contributed by atoms with van der Waals surface area (Å²) < 4.78 is 32.8. The van der Waals surface area contributed by atoms with Crippen molar-refractivity contribution in [3.05, 3.63) is 18.2 Å². The molecule has 1 aromatic rings. The van der Waals surface area contributed by atoms with E-state index in [-0.39, 0.29) is 12.6 Å². The summed E-state index contributed by atoms with van der Waals surface area (Å²) in [5.74, 6) is -5.85. The first-order valence-corrected chi connectivity index (χ1v) is 4.99. The number of hydrogen-bond acceptors (Lipinski definition) is 3. The highest BCUT2D eigenvalue weighted by Gasteiger charge is 2.47. The zero-order valence-corrected chi connectivity index (χ0v) is 9.41. The van der Waals surface area contributed by atoms with Gasteiger partial charge in [0.15, 0.2) is 5.82 Å². The number of alkyl halides is 2. The van der Waals surface area contributed by atoms with Crippen LogP contribution in [0.5, 0.6) is 0 Å². The Bertz CT molecular complexity index is 375. The Morgan fingerprint density at radius 2 is 2.25 bits per heavy atom. The van der Waals surface area contributed by atoms with Crippen LogP contribution in [0, 0.1) is 0 Å². The van der Waals surface area contributed by atoms with Gasteiger partial charge in [-0.1, -0.05) is 0 Å². The minimum absolute atomic E-state index is 0.0865. The highest BCUT2D eigenvalue weighted by Crippen LogP contribution is 2.29. The van der Waals surface area contributed by atoms with E-state index in [1.807, 2.05) is 0 Å². The minimum Gasteiger partial charge on any atom is -0.461 e. The molecule has 0 aromatic carbocycles. The molecule has 0 radical (unpaired) electrons. The quantitative estimate of drug-likeness (QED) is 0.747. The lowest BCUT2D eigenvalue weighted by molar-refractivity contribution is -0.174. The second kappa shape index (κ2) is 4.59. The first-order chi connectivity index (χ1) is 7.41. The largest absolute Gasteiger partial charge is 0.461 e. The molecule has 0 aliphatic rings. The fourth-order valence-electron chi connectivity index (χ4n) is 1.29. The van der Waals surface area contributed by atoms with Crippen LogP contribution >= 0.6 is 0 Å². The van der Waals surface area contributed by atoms with E-state index >= 15 is 0 Å². The Hall–Kier alpha value is -1.46. The maximum atomic E-state index is 13.6. The lowest BCUT2D eigenvalue weighted by Gasteiger charge is -2.17. The number of imidazole rings is 1. The Morgan fingerprint density at radius 3 is 2.75 bits per heavy atom. The second-order valence-corrected chi connectivity index (χ2v) is 3.55. The number of carbonyl (C=O) groups is 1. The average Bonchev–Trinajstić information content (AvgIpc) is 2.66. The minimum atomic E-state index is -3.70. The van der Waals surface area contributed by atoms with Crippen molar-refractivity contribution in [1.29, 1.82) is 0 Å². The van der Waals surface area contributed by atoms with E-state index in [1.54, 1.807) is 13.8 Å². The van der Waals surface area contributed by atoms with Crippen molar-refractivity contribution in [3.63, 3.8) is 0 Å². The summed E-state index contributed by atoms with van der Waals surface area (Å²) in [7, 11) is 0. The molecule has 4 nitrogen and oxygen atoms in total. The summed E-state index contributed by atoms with van der Waals surface area (Å²) in [5.41, 5.74) is 0. The van der Waals surface area contributed by atoms with Crippen LogP contribution in [0.2, 0.25) is 0 Å². The van der Waals surface area contributed by atoms with E-state index in [1.165, 1.54) is 23.9 Å². The van der Waals surface area contributed by atoms with Gasteiger partial charge in [-0.05, 0) is 20.8 Å². The van der Waals surface area contributed by atoms with Gasteiger partial charge < -0.3 is 9.30 Å². The third kappa shape index (κ3) is 2.20. The van der Waals surface area contributed by atoms with Gasteiger partial charge in [-0.3, -0.25) is 0 Å². The van der Waals surface area contributed by atoms with Gasteiger partial charge in [0.25, 0.3) is 0 Å². The summed E-state index contributed by atoms with van der Waals surface area (Å²) in [6.07, 6.45) is 2.65. The van der Waals surface area contributed by atoms with Crippen LogP contribution in [0.3, 0.4) is 0 Å². The normalized spacial score (nSPS) is 11.9. The molecule has 90 valence electrons. The number of hydrogen-bond donors (Lipinski definition) is 0. The summed E-state index contributed by atoms with van der Waals surface area (Å²) in [5, 5.41) is 0. The van der Waals surface area contributed by atoms with Gasteiger partial charge in [-0.25, -0.2) is 9.78 Å². The predicted octanol–water partition coefficient (Wildman–Crippen LogP) is 2.12. The van der Waals surface area contributed by atoms with Crippen LogP contribution < -0.4 is 0 Å². The Balaban J connectivity index is 3.06. The number of esters is 1. The first kappa shape index (κ1) is 12.6. The third-order valence-electron chi connectivity index (χ3n) is 2.04. The molecule has 1 heterocycles. The SMILES string of the molecule is CCOC(=O)C(F)(F)c1nccn1C(C)C. The van der Waals surface area contributed by atoms with E-state index in [0.717, 1.165) is 0 Å². The van der Waals surface area contributed by atoms with Crippen molar-refractivity contribution in [2.75, 3.05) is 6.61 Å². The molecule has 0 N–H and O–H groups in total. The van der Waals surface area contributed by atoms with E-state index in [4.69, 9.17) is 0 Å². The van der Waals surface area contributed by atoms with Crippen LogP contribution in [-0.2, 0) is 15.5 Å². The first-order valence-electron chi connectivity index (χ1n) is 4.99. The maximum Gasteiger partial charge on any atom is 0.399 e. The van der Waals surface area contributed by atoms with E-state index < -0.39 is 17.7 Å². The van der Waals surface area contributed by atoms with E-state index in [2.05, 4.69) is 9.72 Å². The highest BCUT2D eigenvalue weighted by atomic mass is 19.3. The molecule has 0 aliphatic carbocycles.